The van der Waals surface area contributed by atoms with Gasteiger partial charge in [-0.05, 0) is 12.3 Å². The molecule has 0 spiro atoms. The number of hydrogen-bond acceptors (Lipinski definition) is 4. The monoisotopic (exact) mass is 182 g/mol. The van der Waals surface area contributed by atoms with Gasteiger partial charge < -0.3 is 10.5 Å². The zero-order valence-electron chi connectivity index (χ0n) is 7.49. The second kappa shape index (κ2) is 3.85. The lowest BCUT2D eigenvalue weighted by Crippen LogP contribution is -2.05. The van der Waals surface area contributed by atoms with Crippen molar-refractivity contribution in [2.45, 2.75) is 19.4 Å². The molecule has 0 radical (unpaired) electrons. The molecule has 72 valence electrons. The van der Waals surface area contributed by atoms with Gasteiger partial charge in [0.25, 0.3) is 0 Å². The van der Waals surface area contributed by atoms with Crippen molar-refractivity contribution < 1.29 is 4.74 Å². The lowest BCUT2D eigenvalue weighted by molar-refractivity contribution is 0.185. The highest BCUT2D eigenvalue weighted by Crippen LogP contribution is 2.15. The Kier molecular flexibility index (Phi) is 2.56. The third-order valence-corrected chi connectivity index (χ3v) is 2.27. The summed E-state index contributed by atoms with van der Waals surface area (Å²) in [6.45, 7) is 2.14. The molecule has 5 heteroatoms. The van der Waals surface area contributed by atoms with Gasteiger partial charge in [0.2, 0.25) is 0 Å². The van der Waals surface area contributed by atoms with Gasteiger partial charge in [0.1, 0.15) is 5.82 Å². The molecule has 0 bridgehead atoms. The molecule has 3 N–H and O–H groups in total. The molecule has 1 aromatic rings. The first-order valence-electron chi connectivity index (χ1n) is 4.56. The van der Waals surface area contributed by atoms with Crippen LogP contribution in [0.4, 0.5) is 0 Å². The number of aromatic nitrogens is 3. The van der Waals surface area contributed by atoms with Crippen LogP contribution in [-0.2, 0) is 17.7 Å². The quantitative estimate of drug-likeness (QED) is 0.681. The topological polar surface area (TPSA) is 76.8 Å². The van der Waals surface area contributed by atoms with Gasteiger partial charge in [-0.1, -0.05) is 0 Å². The van der Waals surface area contributed by atoms with Gasteiger partial charge in [-0.15, -0.1) is 0 Å². The maximum atomic E-state index is 5.41. The van der Waals surface area contributed by atoms with E-state index < -0.39 is 0 Å². The van der Waals surface area contributed by atoms with E-state index in [0.717, 1.165) is 37.7 Å². The summed E-state index contributed by atoms with van der Waals surface area (Å²) in [6, 6.07) is 0. The van der Waals surface area contributed by atoms with Crippen LogP contribution in [0.3, 0.4) is 0 Å². The molecule has 5 nitrogen and oxygen atoms in total. The average Bonchev–Trinajstić information content (AvgIpc) is 2.76. The number of nitrogens with one attached hydrogen (secondary N) is 1. The summed E-state index contributed by atoms with van der Waals surface area (Å²) in [4.78, 5) is 4.24. The molecule has 13 heavy (non-hydrogen) atoms. The number of H-pyrrole nitrogens is 1. The summed E-state index contributed by atoms with van der Waals surface area (Å²) in [5.74, 6) is 2.20. The highest BCUT2D eigenvalue weighted by molar-refractivity contribution is 4.91. The van der Waals surface area contributed by atoms with Gasteiger partial charge in [0.05, 0.1) is 6.54 Å². The van der Waals surface area contributed by atoms with Crippen molar-refractivity contribution in [3.63, 3.8) is 0 Å². The Morgan fingerprint density at radius 2 is 2.54 bits per heavy atom. The normalized spacial score (nSPS) is 22.4. The number of nitrogens with zero attached hydrogens (tertiary/aromatic N) is 2. The number of rotatable bonds is 3. The molecule has 0 aliphatic carbocycles. The van der Waals surface area contributed by atoms with Crippen LogP contribution in [0.1, 0.15) is 18.1 Å². The fraction of sp³-hybridized carbons (Fsp3) is 0.750. The van der Waals surface area contributed by atoms with Crippen LogP contribution < -0.4 is 5.73 Å². The molecule has 0 saturated carbocycles. The summed E-state index contributed by atoms with van der Waals surface area (Å²) >= 11 is 0. The summed E-state index contributed by atoms with van der Waals surface area (Å²) < 4.78 is 5.27. The molecule has 0 amide bonds. The van der Waals surface area contributed by atoms with Crippen LogP contribution in [-0.4, -0.2) is 28.4 Å². The van der Waals surface area contributed by atoms with E-state index in [1.807, 2.05) is 0 Å². The van der Waals surface area contributed by atoms with Crippen LogP contribution in [0.2, 0.25) is 0 Å². The number of aromatic amines is 1. The molecule has 1 fully saturated rings. The van der Waals surface area contributed by atoms with Crippen molar-refractivity contribution >= 4 is 0 Å². The lowest BCUT2D eigenvalue weighted by atomic mass is 10.1. The summed E-state index contributed by atoms with van der Waals surface area (Å²) in [5.41, 5.74) is 5.41. The minimum Gasteiger partial charge on any atom is -0.381 e. The zero-order chi connectivity index (χ0) is 9.10. The van der Waals surface area contributed by atoms with E-state index in [9.17, 15) is 0 Å². The van der Waals surface area contributed by atoms with E-state index in [2.05, 4.69) is 15.2 Å². The molecule has 1 unspecified atom stereocenters. The number of hydrogen-bond donors (Lipinski definition) is 2. The largest absolute Gasteiger partial charge is 0.381 e. The summed E-state index contributed by atoms with van der Waals surface area (Å²) in [5, 5.41) is 6.88. The Morgan fingerprint density at radius 3 is 3.15 bits per heavy atom. The fourth-order valence-corrected chi connectivity index (χ4v) is 1.52. The average molecular weight is 182 g/mol. The molecule has 2 heterocycles. The van der Waals surface area contributed by atoms with Crippen molar-refractivity contribution in [2.75, 3.05) is 13.2 Å². The third-order valence-electron chi connectivity index (χ3n) is 2.27. The molecule has 1 aromatic heterocycles. The smallest absolute Gasteiger partial charge is 0.151 e. The van der Waals surface area contributed by atoms with Crippen molar-refractivity contribution in [1.82, 2.24) is 15.2 Å². The second-order valence-electron chi connectivity index (χ2n) is 3.34. The Morgan fingerprint density at radius 1 is 1.62 bits per heavy atom. The first-order valence-corrected chi connectivity index (χ1v) is 4.56. The molecule has 1 aliphatic rings. The van der Waals surface area contributed by atoms with E-state index in [-0.39, 0.29) is 0 Å². The highest BCUT2D eigenvalue weighted by atomic mass is 16.5. The van der Waals surface area contributed by atoms with Gasteiger partial charge in [0.15, 0.2) is 5.82 Å². The highest BCUT2D eigenvalue weighted by Gasteiger charge is 2.17. The van der Waals surface area contributed by atoms with Gasteiger partial charge in [-0.2, -0.15) is 5.10 Å². The Labute approximate surface area is 76.7 Å². The van der Waals surface area contributed by atoms with Crippen molar-refractivity contribution in [3.8, 4) is 0 Å². The maximum Gasteiger partial charge on any atom is 0.151 e. The van der Waals surface area contributed by atoms with E-state index in [4.69, 9.17) is 10.5 Å². The number of ether oxygens (including phenoxy) is 1. The Bertz CT molecular complexity index is 267. The number of nitrogens with two attached hydrogens (primary N) is 1. The van der Waals surface area contributed by atoms with Crippen LogP contribution in [0.5, 0.6) is 0 Å². The summed E-state index contributed by atoms with van der Waals surface area (Å²) in [7, 11) is 0. The van der Waals surface area contributed by atoms with Crippen LogP contribution in [0, 0.1) is 5.92 Å². The summed E-state index contributed by atoms with van der Waals surface area (Å²) in [6.07, 6.45) is 2.02. The predicted molar refractivity (Wildman–Crippen MR) is 46.9 cm³/mol. The van der Waals surface area contributed by atoms with Gasteiger partial charge in [-0.3, -0.25) is 5.10 Å². The molecular formula is C8H14N4O. The first-order chi connectivity index (χ1) is 6.38. The van der Waals surface area contributed by atoms with E-state index in [0.29, 0.717) is 12.5 Å². The molecule has 1 aliphatic heterocycles. The van der Waals surface area contributed by atoms with E-state index in [1.54, 1.807) is 0 Å². The van der Waals surface area contributed by atoms with Gasteiger partial charge >= 0.3 is 0 Å². The maximum absolute atomic E-state index is 5.41. The Balaban J connectivity index is 1.92. The van der Waals surface area contributed by atoms with Crippen LogP contribution in [0.25, 0.3) is 0 Å². The molecular weight excluding hydrogens is 168 g/mol. The van der Waals surface area contributed by atoms with Crippen molar-refractivity contribution in [1.29, 1.82) is 0 Å². The van der Waals surface area contributed by atoms with Crippen LogP contribution >= 0.6 is 0 Å². The van der Waals surface area contributed by atoms with Crippen LogP contribution in [0.15, 0.2) is 0 Å². The molecule has 2 rings (SSSR count). The Hall–Kier alpha value is -0.940. The molecule has 1 atom stereocenters. The SMILES string of the molecule is NCc1nc(CC2CCOC2)n[nH]1. The van der Waals surface area contributed by atoms with E-state index >= 15 is 0 Å². The molecule has 0 aromatic carbocycles. The zero-order valence-corrected chi connectivity index (χ0v) is 7.49. The minimum atomic E-state index is 0.425. The van der Waals surface area contributed by atoms with Crippen molar-refractivity contribution in [3.05, 3.63) is 11.6 Å². The van der Waals surface area contributed by atoms with Gasteiger partial charge in [-0.25, -0.2) is 4.98 Å². The standard InChI is InChI=1S/C8H14N4O/c9-4-8-10-7(11-12-8)3-6-1-2-13-5-6/h6H,1-5,9H2,(H,10,11,12). The second-order valence-corrected chi connectivity index (χ2v) is 3.34. The molecule has 1 saturated heterocycles. The van der Waals surface area contributed by atoms with E-state index in [1.165, 1.54) is 0 Å². The third kappa shape index (κ3) is 2.05. The predicted octanol–water partition coefficient (Wildman–Crippen LogP) is -0.158. The fourth-order valence-electron chi connectivity index (χ4n) is 1.52. The van der Waals surface area contributed by atoms with Crippen molar-refractivity contribution in [2.24, 2.45) is 11.7 Å². The minimum absolute atomic E-state index is 0.425. The first kappa shape index (κ1) is 8.65. The lowest BCUT2D eigenvalue weighted by Gasteiger charge is -2.01. The van der Waals surface area contributed by atoms with Gasteiger partial charge in [0, 0.05) is 19.6 Å².